The predicted molar refractivity (Wildman–Crippen MR) is 71.3 cm³/mol. The number of carbonyl (C=O) groups excluding carboxylic acids is 1. The van der Waals surface area contributed by atoms with Crippen LogP contribution in [0.3, 0.4) is 0 Å². The number of rotatable bonds is 3. The average Bonchev–Trinajstić information content (AvgIpc) is 2.68. The van der Waals surface area contributed by atoms with Crippen molar-refractivity contribution >= 4 is 5.91 Å². The zero-order valence-corrected chi connectivity index (χ0v) is 11.1. The van der Waals surface area contributed by atoms with Crippen molar-refractivity contribution in [2.45, 2.75) is 51.6 Å². The SMILES string of the molecule is C=CC(=O)NC1CCCC(n2nc(C)cc2C)C1. The van der Waals surface area contributed by atoms with Gasteiger partial charge < -0.3 is 5.32 Å². The summed E-state index contributed by atoms with van der Waals surface area (Å²) < 4.78 is 2.11. The molecule has 1 aromatic rings. The highest BCUT2D eigenvalue weighted by Gasteiger charge is 2.25. The van der Waals surface area contributed by atoms with Crippen LogP contribution in [0.15, 0.2) is 18.7 Å². The van der Waals surface area contributed by atoms with Gasteiger partial charge in [-0.3, -0.25) is 9.48 Å². The first kappa shape index (κ1) is 12.9. The van der Waals surface area contributed by atoms with Crippen LogP contribution in [0.5, 0.6) is 0 Å². The minimum atomic E-state index is -0.0750. The first-order valence-corrected chi connectivity index (χ1v) is 6.56. The molecule has 98 valence electrons. The number of aryl methyl sites for hydroxylation is 2. The lowest BCUT2D eigenvalue weighted by molar-refractivity contribution is -0.117. The van der Waals surface area contributed by atoms with Gasteiger partial charge in [-0.1, -0.05) is 6.58 Å². The lowest BCUT2D eigenvalue weighted by Crippen LogP contribution is -2.38. The number of carbonyl (C=O) groups is 1. The fourth-order valence-corrected chi connectivity index (χ4v) is 2.79. The summed E-state index contributed by atoms with van der Waals surface area (Å²) in [6.45, 7) is 7.60. The Morgan fingerprint density at radius 3 is 2.94 bits per heavy atom. The van der Waals surface area contributed by atoms with Crippen LogP contribution in [0.1, 0.15) is 43.1 Å². The molecule has 1 aliphatic carbocycles. The normalized spacial score (nSPS) is 23.7. The molecule has 1 fully saturated rings. The summed E-state index contributed by atoms with van der Waals surface area (Å²) in [5, 5.41) is 7.55. The summed E-state index contributed by atoms with van der Waals surface area (Å²) in [7, 11) is 0. The second-order valence-electron chi connectivity index (χ2n) is 5.10. The Morgan fingerprint density at radius 2 is 2.33 bits per heavy atom. The van der Waals surface area contributed by atoms with Crippen molar-refractivity contribution in [3.05, 3.63) is 30.1 Å². The summed E-state index contributed by atoms with van der Waals surface area (Å²) in [5.41, 5.74) is 2.26. The van der Waals surface area contributed by atoms with Crippen LogP contribution in [0.4, 0.5) is 0 Å². The molecule has 1 saturated carbocycles. The van der Waals surface area contributed by atoms with Crippen molar-refractivity contribution < 1.29 is 4.79 Å². The number of amides is 1. The third kappa shape index (κ3) is 2.81. The van der Waals surface area contributed by atoms with Crippen LogP contribution in [0.25, 0.3) is 0 Å². The number of hydrogen-bond acceptors (Lipinski definition) is 2. The van der Waals surface area contributed by atoms with E-state index in [1.165, 1.54) is 11.8 Å². The molecule has 1 heterocycles. The highest BCUT2D eigenvalue weighted by atomic mass is 16.1. The number of nitrogens with one attached hydrogen (secondary N) is 1. The molecule has 0 aliphatic heterocycles. The van der Waals surface area contributed by atoms with E-state index in [2.05, 4.69) is 34.7 Å². The van der Waals surface area contributed by atoms with E-state index < -0.39 is 0 Å². The Hall–Kier alpha value is -1.58. The second kappa shape index (κ2) is 5.38. The highest BCUT2D eigenvalue weighted by molar-refractivity contribution is 5.87. The minimum absolute atomic E-state index is 0.0750. The van der Waals surface area contributed by atoms with Gasteiger partial charge in [-0.05, 0) is 51.7 Å². The van der Waals surface area contributed by atoms with Crippen molar-refractivity contribution in [1.82, 2.24) is 15.1 Å². The Labute approximate surface area is 108 Å². The molecule has 1 aliphatic rings. The van der Waals surface area contributed by atoms with Crippen LogP contribution in [0, 0.1) is 13.8 Å². The third-order valence-corrected chi connectivity index (χ3v) is 3.57. The molecule has 1 amide bonds. The summed E-state index contributed by atoms with van der Waals surface area (Å²) in [5.74, 6) is -0.0750. The monoisotopic (exact) mass is 247 g/mol. The first-order valence-electron chi connectivity index (χ1n) is 6.56. The fourth-order valence-electron chi connectivity index (χ4n) is 2.79. The molecule has 2 rings (SSSR count). The third-order valence-electron chi connectivity index (χ3n) is 3.57. The number of hydrogen-bond donors (Lipinski definition) is 1. The Bertz CT molecular complexity index is 450. The van der Waals surface area contributed by atoms with Crippen molar-refractivity contribution in [2.24, 2.45) is 0 Å². The Kier molecular flexibility index (Phi) is 3.84. The molecule has 1 aromatic heterocycles. The maximum Gasteiger partial charge on any atom is 0.243 e. The van der Waals surface area contributed by atoms with Crippen LogP contribution in [-0.4, -0.2) is 21.7 Å². The second-order valence-corrected chi connectivity index (χ2v) is 5.10. The first-order chi connectivity index (χ1) is 8.60. The van der Waals surface area contributed by atoms with Crippen LogP contribution in [-0.2, 0) is 4.79 Å². The Balaban J connectivity index is 2.04. The van der Waals surface area contributed by atoms with Crippen LogP contribution < -0.4 is 5.32 Å². The van der Waals surface area contributed by atoms with Gasteiger partial charge in [0.15, 0.2) is 0 Å². The molecule has 18 heavy (non-hydrogen) atoms. The van der Waals surface area contributed by atoms with E-state index in [1.807, 2.05) is 6.92 Å². The zero-order chi connectivity index (χ0) is 13.1. The van der Waals surface area contributed by atoms with E-state index in [0.717, 1.165) is 31.4 Å². The van der Waals surface area contributed by atoms with Gasteiger partial charge in [0.05, 0.1) is 11.7 Å². The molecular formula is C14H21N3O. The van der Waals surface area contributed by atoms with Gasteiger partial charge in [0.2, 0.25) is 5.91 Å². The van der Waals surface area contributed by atoms with Crippen molar-refractivity contribution in [2.75, 3.05) is 0 Å². The lowest BCUT2D eigenvalue weighted by Gasteiger charge is -2.30. The molecule has 1 N–H and O–H groups in total. The largest absolute Gasteiger partial charge is 0.350 e. The number of nitrogens with zero attached hydrogens (tertiary/aromatic N) is 2. The van der Waals surface area contributed by atoms with Gasteiger partial charge in [0.1, 0.15) is 0 Å². The maximum absolute atomic E-state index is 11.3. The lowest BCUT2D eigenvalue weighted by atomic mass is 9.91. The summed E-state index contributed by atoms with van der Waals surface area (Å²) in [6, 6.07) is 2.76. The van der Waals surface area contributed by atoms with E-state index in [4.69, 9.17) is 0 Å². The van der Waals surface area contributed by atoms with Crippen molar-refractivity contribution in [1.29, 1.82) is 0 Å². The van der Waals surface area contributed by atoms with Crippen molar-refractivity contribution in [3.8, 4) is 0 Å². The molecule has 0 radical (unpaired) electrons. The molecule has 0 bridgehead atoms. The van der Waals surface area contributed by atoms with Gasteiger partial charge >= 0.3 is 0 Å². The quantitative estimate of drug-likeness (QED) is 0.833. The van der Waals surface area contributed by atoms with E-state index in [-0.39, 0.29) is 11.9 Å². The molecule has 0 saturated heterocycles. The van der Waals surface area contributed by atoms with E-state index in [9.17, 15) is 4.79 Å². The summed E-state index contributed by atoms with van der Waals surface area (Å²) in [4.78, 5) is 11.3. The summed E-state index contributed by atoms with van der Waals surface area (Å²) in [6.07, 6.45) is 5.62. The molecule has 4 nitrogen and oxygen atoms in total. The van der Waals surface area contributed by atoms with Gasteiger partial charge in [-0.15, -0.1) is 0 Å². The highest BCUT2D eigenvalue weighted by Crippen LogP contribution is 2.29. The Morgan fingerprint density at radius 1 is 1.56 bits per heavy atom. The maximum atomic E-state index is 11.3. The molecule has 0 aromatic carbocycles. The molecule has 4 heteroatoms. The van der Waals surface area contributed by atoms with Gasteiger partial charge in [0.25, 0.3) is 0 Å². The van der Waals surface area contributed by atoms with Gasteiger partial charge in [-0.25, -0.2) is 0 Å². The van der Waals surface area contributed by atoms with Crippen LogP contribution >= 0.6 is 0 Å². The van der Waals surface area contributed by atoms with Gasteiger partial charge in [-0.2, -0.15) is 5.10 Å². The van der Waals surface area contributed by atoms with Crippen molar-refractivity contribution in [3.63, 3.8) is 0 Å². The standard InChI is InChI=1S/C14H21N3O/c1-4-14(18)15-12-6-5-7-13(9-12)17-11(3)8-10(2)16-17/h4,8,12-13H,1,5-7,9H2,2-3H3,(H,15,18). The minimum Gasteiger partial charge on any atom is -0.350 e. The topological polar surface area (TPSA) is 46.9 Å². The number of aromatic nitrogens is 2. The molecular weight excluding hydrogens is 226 g/mol. The van der Waals surface area contributed by atoms with E-state index in [0.29, 0.717) is 6.04 Å². The molecule has 0 spiro atoms. The van der Waals surface area contributed by atoms with Crippen LogP contribution in [0.2, 0.25) is 0 Å². The smallest absolute Gasteiger partial charge is 0.243 e. The van der Waals surface area contributed by atoms with Gasteiger partial charge in [0, 0.05) is 11.7 Å². The summed E-state index contributed by atoms with van der Waals surface area (Å²) >= 11 is 0. The zero-order valence-electron chi connectivity index (χ0n) is 11.1. The van der Waals surface area contributed by atoms with E-state index in [1.54, 1.807) is 0 Å². The molecule has 2 unspecified atom stereocenters. The average molecular weight is 247 g/mol. The van der Waals surface area contributed by atoms with E-state index >= 15 is 0 Å². The fraction of sp³-hybridized carbons (Fsp3) is 0.571. The predicted octanol–water partition coefficient (Wildman–Crippen LogP) is 2.29. The molecule has 2 atom stereocenters.